The average molecular weight is 390 g/mol. The van der Waals surface area contributed by atoms with Gasteiger partial charge in [0.2, 0.25) is 5.72 Å². The Morgan fingerprint density at radius 3 is 2.50 bits per heavy atom. The van der Waals surface area contributed by atoms with Crippen molar-refractivity contribution >= 4 is 23.3 Å². The Bertz CT molecular complexity index is 1040. The fraction of sp³-hybridized carbons (Fsp3) is 0.174. The van der Waals surface area contributed by atoms with Gasteiger partial charge in [0.25, 0.3) is 0 Å². The molecule has 0 unspecified atom stereocenters. The molecule has 0 aliphatic carbocycles. The van der Waals surface area contributed by atoms with E-state index in [4.69, 9.17) is 4.84 Å². The summed E-state index contributed by atoms with van der Waals surface area (Å²) in [6.07, 6.45) is 0.720. The first kappa shape index (κ1) is 17.3. The first-order chi connectivity index (χ1) is 13.7. The van der Waals surface area contributed by atoms with Crippen LogP contribution in [0.2, 0.25) is 0 Å². The second kappa shape index (κ2) is 6.67. The lowest BCUT2D eigenvalue weighted by Gasteiger charge is -2.37. The number of oxime groups is 1. The number of fused-ring (bicyclic) bond motifs is 3. The van der Waals surface area contributed by atoms with Crippen LogP contribution in [0.25, 0.3) is 0 Å². The van der Waals surface area contributed by atoms with Crippen LogP contribution in [0.15, 0.2) is 88.9 Å². The number of amidine groups is 1. The van der Waals surface area contributed by atoms with E-state index in [0.717, 1.165) is 29.1 Å². The van der Waals surface area contributed by atoms with Gasteiger partial charge in [0.05, 0.1) is 5.69 Å². The van der Waals surface area contributed by atoms with Crippen LogP contribution >= 0.6 is 11.8 Å². The van der Waals surface area contributed by atoms with Gasteiger partial charge in [0, 0.05) is 27.7 Å². The third-order valence-electron chi connectivity index (χ3n) is 5.18. The Kier molecular flexibility index (Phi) is 4.13. The molecule has 140 valence electrons. The molecule has 5 heteroatoms. The highest BCUT2D eigenvalue weighted by molar-refractivity contribution is 8.00. The molecule has 3 aromatic rings. The summed E-state index contributed by atoms with van der Waals surface area (Å²) < 4.78 is 13.6. The Hall–Kier alpha value is -2.79. The monoisotopic (exact) mass is 390 g/mol. The zero-order valence-electron chi connectivity index (χ0n) is 15.4. The minimum atomic E-state index is -0.808. The summed E-state index contributed by atoms with van der Waals surface area (Å²) >= 11 is 1.83. The fourth-order valence-corrected chi connectivity index (χ4v) is 5.16. The first-order valence-electron chi connectivity index (χ1n) is 9.31. The molecular weight excluding hydrogens is 371 g/mol. The van der Waals surface area contributed by atoms with E-state index < -0.39 is 5.72 Å². The third-order valence-corrected chi connectivity index (χ3v) is 6.35. The summed E-state index contributed by atoms with van der Waals surface area (Å²) in [5.74, 6) is 0.511. The number of para-hydroxylation sites is 1. The maximum atomic E-state index is 13.6. The SMILES string of the molecule is C[C@@H]1C[C@@]2(c3ccc(F)cc3)ON=C(c3ccccc3)N2c2ccccc2S1. The maximum absolute atomic E-state index is 13.6. The molecule has 0 radical (unpaired) electrons. The highest BCUT2D eigenvalue weighted by Crippen LogP contribution is 2.51. The largest absolute Gasteiger partial charge is 0.360 e. The number of halogens is 1. The van der Waals surface area contributed by atoms with Crippen LogP contribution in [0.3, 0.4) is 0 Å². The van der Waals surface area contributed by atoms with E-state index in [2.05, 4.69) is 35.2 Å². The van der Waals surface area contributed by atoms with Gasteiger partial charge >= 0.3 is 0 Å². The predicted molar refractivity (Wildman–Crippen MR) is 111 cm³/mol. The minimum Gasteiger partial charge on any atom is -0.360 e. The quantitative estimate of drug-likeness (QED) is 0.556. The van der Waals surface area contributed by atoms with E-state index in [9.17, 15) is 4.39 Å². The number of nitrogens with zero attached hydrogens (tertiary/aromatic N) is 2. The molecule has 2 heterocycles. The van der Waals surface area contributed by atoms with Gasteiger partial charge in [-0.25, -0.2) is 4.39 Å². The van der Waals surface area contributed by atoms with Crippen LogP contribution < -0.4 is 4.90 Å². The molecule has 0 fully saturated rings. The fourth-order valence-electron chi connectivity index (χ4n) is 3.98. The van der Waals surface area contributed by atoms with Gasteiger partial charge in [-0.15, -0.1) is 11.8 Å². The standard InChI is InChI=1S/C23H19FN2OS/c1-16-15-23(18-11-13-19(24)14-12-18)26(20-9-5-6-10-21(20)28-16)22(25-27-23)17-7-3-2-4-8-17/h2-14,16H,15H2,1H3/t16-,23+/m1/s1. The van der Waals surface area contributed by atoms with Crippen molar-refractivity contribution in [1.29, 1.82) is 0 Å². The highest BCUT2D eigenvalue weighted by Gasteiger charge is 2.52. The van der Waals surface area contributed by atoms with Gasteiger partial charge in [0.1, 0.15) is 5.82 Å². The average Bonchev–Trinajstić information content (AvgIpc) is 3.03. The third kappa shape index (κ3) is 2.69. The smallest absolute Gasteiger partial charge is 0.242 e. The lowest BCUT2D eigenvalue weighted by atomic mass is 9.94. The van der Waals surface area contributed by atoms with Crippen LogP contribution in [0.4, 0.5) is 10.1 Å². The summed E-state index contributed by atoms with van der Waals surface area (Å²) in [5, 5.41) is 4.83. The van der Waals surface area contributed by atoms with Crippen LogP contribution in [0.5, 0.6) is 0 Å². The van der Waals surface area contributed by atoms with E-state index >= 15 is 0 Å². The molecule has 28 heavy (non-hydrogen) atoms. The number of thioether (sulfide) groups is 1. The van der Waals surface area contributed by atoms with Gasteiger partial charge in [-0.2, -0.15) is 0 Å². The van der Waals surface area contributed by atoms with Crippen molar-refractivity contribution in [3.63, 3.8) is 0 Å². The molecule has 2 aliphatic rings. The second-order valence-electron chi connectivity index (χ2n) is 7.10. The molecule has 5 rings (SSSR count). The van der Waals surface area contributed by atoms with Crippen LogP contribution in [0, 0.1) is 5.82 Å². The summed E-state index contributed by atoms with van der Waals surface area (Å²) in [6.45, 7) is 2.19. The summed E-state index contributed by atoms with van der Waals surface area (Å²) in [6, 6.07) is 25.0. The van der Waals surface area contributed by atoms with Gasteiger partial charge in [-0.3, -0.25) is 4.90 Å². The Morgan fingerprint density at radius 2 is 1.71 bits per heavy atom. The second-order valence-corrected chi connectivity index (χ2v) is 8.58. The van der Waals surface area contributed by atoms with Gasteiger partial charge < -0.3 is 4.84 Å². The van der Waals surface area contributed by atoms with Gasteiger partial charge in [0.15, 0.2) is 5.84 Å². The summed E-state index contributed by atoms with van der Waals surface area (Å²) in [4.78, 5) is 9.59. The number of anilines is 1. The maximum Gasteiger partial charge on any atom is 0.242 e. The molecule has 0 amide bonds. The van der Waals surface area contributed by atoms with Crippen molar-refractivity contribution in [2.45, 2.75) is 29.2 Å². The number of hydrogen-bond donors (Lipinski definition) is 0. The van der Waals surface area contributed by atoms with Crippen molar-refractivity contribution in [3.8, 4) is 0 Å². The molecule has 0 saturated carbocycles. The Balaban J connectivity index is 1.74. The van der Waals surface area contributed by atoms with Gasteiger partial charge in [-0.05, 0) is 24.3 Å². The van der Waals surface area contributed by atoms with Crippen LogP contribution in [-0.2, 0) is 10.6 Å². The van der Waals surface area contributed by atoms with E-state index in [1.165, 1.54) is 17.0 Å². The molecule has 0 saturated heterocycles. The minimum absolute atomic E-state index is 0.259. The molecule has 0 spiro atoms. The topological polar surface area (TPSA) is 24.8 Å². The molecule has 3 nitrogen and oxygen atoms in total. The highest BCUT2D eigenvalue weighted by atomic mass is 32.2. The molecule has 2 aliphatic heterocycles. The van der Waals surface area contributed by atoms with E-state index in [1.54, 1.807) is 12.1 Å². The zero-order valence-corrected chi connectivity index (χ0v) is 16.2. The number of benzene rings is 3. The van der Waals surface area contributed by atoms with Crippen molar-refractivity contribution in [3.05, 3.63) is 95.8 Å². The van der Waals surface area contributed by atoms with Crippen molar-refractivity contribution in [1.82, 2.24) is 0 Å². The summed E-state index contributed by atoms with van der Waals surface area (Å²) in [5.41, 5.74) is 2.13. The molecule has 0 aromatic heterocycles. The van der Waals surface area contributed by atoms with E-state index in [-0.39, 0.29) is 5.82 Å². The first-order valence-corrected chi connectivity index (χ1v) is 10.2. The van der Waals surface area contributed by atoms with Crippen LogP contribution in [0.1, 0.15) is 24.5 Å². The lowest BCUT2D eigenvalue weighted by molar-refractivity contribution is -0.0274. The lowest BCUT2D eigenvalue weighted by Crippen LogP contribution is -2.47. The van der Waals surface area contributed by atoms with Crippen molar-refractivity contribution < 1.29 is 9.23 Å². The summed E-state index contributed by atoms with van der Waals surface area (Å²) in [7, 11) is 0. The molecule has 0 N–H and O–H groups in total. The normalized spacial score (nSPS) is 23.3. The Morgan fingerprint density at radius 1 is 1.00 bits per heavy atom. The zero-order chi connectivity index (χ0) is 19.1. The molecular formula is C23H19FN2OS. The molecule has 3 aromatic carbocycles. The molecule has 0 bridgehead atoms. The number of rotatable bonds is 2. The van der Waals surface area contributed by atoms with E-state index in [1.807, 2.05) is 48.2 Å². The predicted octanol–water partition coefficient (Wildman–Crippen LogP) is 5.76. The van der Waals surface area contributed by atoms with Crippen molar-refractivity contribution in [2.75, 3.05) is 4.90 Å². The van der Waals surface area contributed by atoms with Crippen molar-refractivity contribution in [2.24, 2.45) is 5.16 Å². The molecule has 2 atom stereocenters. The Labute approximate surface area is 167 Å². The van der Waals surface area contributed by atoms with Crippen LogP contribution in [-0.4, -0.2) is 11.1 Å². The van der Waals surface area contributed by atoms with E-state index in [0.29, 0.717) is 5.25 Å². The van der Waals surface area contributed by atoms with Gasteiger partial charge in [-0.1, -0.05) is 66.7 Å². The number of hydrogen-bond acceptors (Lipinski definition) is 4.